The fourth-order valence-corrected chi connectivity index (χ4v) is 2.77. The minimum atomic E-state index is -2.90. The van der Waals surface area contributed by atoms with Crippen molar-refractivity contribution in [1.82, 2.24) is 0 Å². The molecule has 1 atom stereocenters. The highest BCUT2D eigenvalue weighted by Crippen LogP contribution is 2.24. The van der Waals surface area contributed by atoms with Crippen molar-refractivity contribution in [2.24, 2.45) is 5.73 Å². The summed E-state index contributed by atoms with van der Waals surface area (Å²) in [5.74, 6) is 0.385. The highest BCUT2D eigenvalue weighted by atomic mass is 35.5. The Morgan fingerprint density at radius 2 is 2.00 bits per heavy atom. The Balaban J connectivity index is 2.51. The topological polar surface area (TPSA) is 60.2 Å². The minimum absolute atomic E-state index is 0.189. The molecule has 0 aliphatic rings. The molecule has 1 aromatic rings. The molecule has 0 saturated heterocycles. The predicted molar refractivity (Wildman–Crippen MR) is 71.9 cm³/mol. The van der Waals surface area contributed by atoms with E-state index in [1.54, 1.807) is 13.0 Å². The SMILES string of the molecule is CCS(=O)(=O)CCCC(N)c1ccccc1Cl. The van der Waals surface area contributed by atoms with Crippen LogP contribution in [0.2, 0.25) is 5.02 Å². The van der Waals surface area contributed by atoms with E-state index in [1.165, 1.54) is 0 Å². The first-order chi connectivity index (χ1) is 7.96. The molecule has 0 aliphatic heterocycles. The minimum Gasteiger partial charge on any atom is -0.324 e. The summed E-state index contributed by atoms with van der Waals surface area (Å²) >= 11 is 6.02. The lowest BCUT2D eigenvalue weighted by molar-refractivity contribution is 0.584. The normalized spacial score (nSPS) is 13.6. The second kappa shape index (κ2) is 6.38. The molecule has 1 rings (SSSR count). The first-order valence-corrected chi connectivity index (χ1v) is 7.86. The molecular formula is C12H18ClNO2S. The third-order valence-corrected chi connectivity index (χ3v) is 4.85. The highest BCUT2D eigenvalue weighted by Gasteiger charge is 2.12. The molecule has 0 aliphatic carbocycles. The van der Waals surface area contributed by atoms with Gasteiger partial charge in [0.25, 0.3) is 0 Å². The van der Waals surface area contributed by atoms with E-state index in [1.807, 2.05) is 18.2 Å². The quantitative estimate of drug-likeness (QED) is 0.868. The van der Waals surface area contributed by atoms with Gasteiger partial charge in [0.1, 0.15) is 9.84 Å². The Kier molecular flexibility index (Phi) is 5.43. The van der Waals surface area contributed by atoms with Crippen LogP contribution in [-0.2, 0) is 9.84 Å². The van der Waals surface area contributed by atoms with Crippen LogP contribution in [0.25, 0.3) is 0 Å². The third kappa shape index (κ3) is 4.66. The van der Waals surface area contributed by atoms with Gasteiger partial charge in [0.15, 0.2) is 0 Å². The molecule has 3 nitrogen and oxygen atoms in total. The van der Waals surface area contributed by atoms with Gasteiger partial charge in [0.2, 0.25) is 0 Å². The summed E-state index contributed by atoms with van der Waals surface area (Å²) in [6, 6.07) is 7.20. The van der Waals surface area contributed by atoms with Crippen molar-refractivity contribution < 1.29 is 8.42 Å². The number of hydrogen-bond donors (Lipinski definition) is 1. The molecule has 0 radical (unpaired) electrons. The van der Waals surface area contributed by atoms with Gasteiger partial charge in [-0.25, -0.2) is 8.42 Å². The van der Waals surface area contributed by atoms with E-state index in [0.29, 0.717) is 17.9 Å². The average Bonchev–Trinajstić information content (AvgIpc) is 2.29. The summed E-state index contributed by atoms with van der Waals surface area (Å²) in [7, 11) is -2.90. The first-order valence-electron chi connectivity index (χ1n) is 5.66. The molecule has 0 fully saturated rings. The summed E-state index contributed by atoms with van der Waals surface area (Å²) in [5, 5.41) is 0.637. The molecule has 17 heavy (non-hydrogen) atoms. The van der Waals surface area contributed by atoms with Gasteiger partial charge in [0, 0.05) is 16.8 Å². The van der Waals surface area contributed by atoms with E-state index < -0.39 is 9.84 Å². The molecule has 0 bridgehead atoms. The fraction of sp³-hybridized carbons (Fsp3) is 0.500. The van der Waals surface area contributed by atoms with Gasteiger partial charge in [-0.1, -0.05) is 36.7 Å². The number of benzene rings is 1. The molecule has 5 heteroatoms. The lowest BCUT2D eigenvalue weighted by Crippen LogP contribution is -2.14. The molecule has 2 N–H and O–H groups in total. The number of sulfone groups is 1. The second-order valence-electron chi connectivity index (χ2n) is 4.01. The molecule has 0 spiro atoms. The first kappa shape index (κ1) is 14.5. The van der Waals surface area contributed by atoms with Crippen molar-refractivity contribution in [1.29, 1.82) is 0 Å². The molecule has 0 heterocycles. The molecular weight excluding hydrogens is 258 g/mol. The number of hydrogen-bond acceptors (Lipinski definition) is 3. The van der Waals surface area contributed by atoms with Crippen LogP contribution in [-0.4, -0.2) is 19.9 Å². The van der Waals surface area contributed by atoms with Crippen LogP contribution in [0, 0.1) is 0 Å². The van der Waals surface area contributed by atoms with Crippen molar-refractivity contribution in [2.45, 2.75) is 25.8 Å². The van der Waals surface area contributed by atoms with Crippen molar-refractivity contribution in [3.05, 3.63) is 34.9 Å². The molecule has 1 unspecified atom stereocenters. The maximum Gasteiger partial charge on any atom is 0.150 e. The number of rotatable bonds is 6. The van der Waals surface area contributed by atoms with Gasteiger partial charge >= 0.3 is 0 Å². The fourth-order valence-electron chi connectivity index (χ4n) is 1.60. The predicted octanol–water partition coefficient (Wildman–Crippen LogP) is 2.55. The Hall–Kier alpha value is -0.580. The zero-order valence-electron chi connectivity index (χ0n) is 9.90. The summed E-state index contributed by atoms with van der Waals surface area (Å²) in [6.07, 6.45) is 1.20. The lowest BCUT2D eigenvalue weighted by atomic mass is 10.0. The van der Waals surface area contributed by atoms with Crippen molar-refractivity contribution in [3.63, 3.8) is 0 Å². The molecule has 0 saturated carbocycles. The van der Waals surface area contributed by atoms with Crippen LogP contribution in [0.3, 0.4) is 0 Å². The Bertz CT molecular complexity index is 459. The van der Waals surface area contributed by atoms with Crippen LogP contribution < -0.4 is 5.73 Å². The van der Waals surface area contributed by atoms with Gasteiger partial charge in [-0.3, -0.25) is 0 Å². The van der Waals surface area contributed by atoms with Gasteiger partial charge in [0.05, 0.1) is 5.75 Å². The number of halogens is 1. The zero-order valence-corrected chi connectivity index (χ0v) is 11.5. The Labute approximate surface area is 108 Å². The summed E-state index contributed by atoms with van der Waals surface area (Å²) < 4.78 is 22.6. The standard InChI is InChI=1S/C12H18ClNO2S/c1-2-17(15,16)9-5-8-12(14)10-6-3-4-7-11(10)13/h3-4,6-7,12H,2,5,8-9,14H2,1H3. The largest absolute Gasteiger partial charge is 0.324 e. The van der Waals surface area contributed by atoms with Crippen LogP contribution >= 0.6 is 11.6 Å². The van der Waals surface area contributed by atoms with E-state index >= 15 is 0 Å². The summed E-state index contributed by atoms with van der Waals surface area (Å²) in [5.41, 5.74) is 6.87. The van der Waals surface area contributed by atoms with Gasteiger partial charge in [-0.2, -0.15) is 0 Å². The maximum absolute atomic E-state index is 11.3. The number of nitrogens with two attached hydrogens (primary N) is 1. The highest BCUT2D eigenvalue weighted by molar-refractivity contribution is 7.91. The van der Waals surface area contributed by atoms with E-state index in [4.69, 9.17) is 17.3 Å². The van der Waals surface area contributed by atoms with Crippen LogP contribution in [0.1, 0.15) is 31.4 Å². The van der Waals surface area contributed by atoms with Crippen LogP contribution in [0.4, 0.5) is 0 Å². The Morgan fingerprint density at radius 1 is 1.35 bits per heavy atom. The third-order valence-electron chi connectivity index (χ3n) is 2.71. The van der Waals surface area contributed by atoms with Crippen molar-refractivity contribution in [3.8, 4) is 0 Å². The molecule has 1 aromatic carbocycles. The van der Waals surface area contributed by atoms with Gasteiger partial charge < -0.3 is 5.73 Å². The average molecular weight is 276 g/mol. The van der Waals surface area contributed by atoms with E-state index in [-0.39, 0.29) is 17.5 Å². The van der Waals surface area contributed by atoms with E-state index in [9.17, 15) is 8.42 Å². The Morgan fingerprint density at radius 3 is 2.59 bits per heavy atom. The molecule has 0 aromatic heterocycles. The monoisotopic (exact) mass is 275 g/mol. The molecule has 0 amide bonds. The second-order valence-corrected chi connectivity index (χ2v) is 6.89. The van der Waals surface area contributed by atoms with Crippen LogP contribution in [0.15, 0.2) is 24.3 Å². The zero-order chi connectivity index (χ0) is 12.9. The summed E-state index contributed by atoms with van der Waals surface area (Å²) in [6.45, 7) is 1.66. The van der Waals surface area contributed by atoms with E-state index in [2.05, 4.69) is 0 Å². The smallest absolute Gasteiger partial charge is 0.150 e. The molecule has 96 valence electrons. The van der Waals surface area contributed by atoms with Crippen molar-refractivity contribution >= 4 is 21.4 Å². The van der Waals surface area contributed by atoms with Crippen LogP contribution in [0.5, 0.6) is 0 Å². The van der Waals surface area contributed by atoms with Crippen molar-refractivity contribution in [2.75, 3.05) is 11.5 Å². The van der Waals surface area contributed by atoms with E-state index in [0.717, 1.165) is 5.56 Å². The maximum atomic E-state index is 11.3. The van der Waals surface area contributed by atoms with Gasteiger partial charge in [-0.15, -0.1) is 0 Å². The van der Waals surface area contributed by atoms with Gasteiger partial charge in [-0.05, 0) is 24.5 Å². The summed E-state index contributed by atoms with van der Waals surface area (Å²) in [4.78, 5) is 0. The lowest BCUT2D eigenvalue weighted by Gasteiger charge is -2.13.